The quantitative estimate of drug-likeness (QED) is 0.0884. The van der Waals surface area contributed by atoms with Gasteiger partial charge in [-0.3, -0.25) is 4.99 Å². The molecule has 0 aliphatic rings. The molecule has 8 nitrogen and oxygen atoms in total. The lowest BCUT2D eigenvalue weighted by Crippen LogP contribution is -2.26. The van der Waals surface area contributed by atoms with Crippen molar-refractivity contribution in [3.05, 3.63) is 60.2 Å². The number of rotatable bonds is 15. The minimum Gasteiger partial charge on any atom is -0.506 e. The number of aryl methyl sites for hydroxylation is 1. The average Bonchev–Trinajstić information content (AvgIpc) is 2.94. The Balaban J connectivity index is 1.90. The number of nitrogens with zero attached hydrogens (tertiary/aromatic N) is 3. The summed E-state index contributed by atoms with van der Waals surface area (Å²) >= 11 is 0. The summed E-state index contributed by atoms with van der Waals surface area (Å²) in [7, 11) is 0. The highest BCUT2D eigenvalue weighted by atomic mass is 16.3. The Morgan fingerprint density at radius 3 is 2.00 bits per heavy atom. The molecule has 0 aliphatic heterocycles. The van der Waals surface area contributed by atoms with Gasteiger partial charge in [0.2, 0.25) is 0 Å². The predicted octanol–water partition coefficient (Wildman–Crippen LogP) is 6.33. The van der Waals surface area contributed by atoms with Crippen LogP contribution in [-0.2, 0) is 0 Å². The monoisotopic (exact) mass is 533 g/mol. The molecule has 0 heterocycles. The highest BCUT2D eigenvalue weighted by Crippen LogP contribution is 2.39. The summed E-state index contributed by atoms with van der Waals surface area (Å²) in [5.41, 5.74) is 6.90. The number of benzene rings is 3. The molecule has 0 spiro atoms. The SMILES string of the molecule is CCCC=Nc1cc(O)c(Nc2ccc(N(CC)CCO)cc2C)cc1Nc1ccc(N(CC)CCO)cc1. The van der Waals surface area contributed by atoms with E-state index in [0.717, 1.165) is 59.9 Å². The average molecular weight is 534 g/mol. The second-order valence-electron chi connectivity index (χ2n) is 9.39. The van der Waals surface area contributed by atoms with Crippen LogP contribution in [0.1, 0.15) is 39.2 Å². The van der Waals surface area contributed by atoms with Crippen molar-refractivity contribution in [3.63, 3.8) is 0 Å². The Kier molecular flexibility index (Phi) is 11.5. The van der Waals surface area contributed by atoms with Crippen molar-refractivity contribution in [3.8, 4) is 5.75 Å². The molecule has 3 aromatic rings. The second-order valence-corrected chi connectivity index (χ2v) is 9.39. The molecule has 0 fully saturated rings. The van der Waals surface area contributed by atoms with Crippen molar-refractivity contribution in [2.75, 3.05) is 59.8 Å². The van der Waals surface area contributed by atoms with Crippen LogP contribution in [0.15, 0.2) is 59.6 Å². The molecule has 0 unspecified atom stereocenters. The number of hydrogen-bond donors (Lipinski definition) is 5. The van der Waals surface area contributed by atoms with Crippen LogP contribution in [0, 0.1) is 6.92 Å². The number of aliphatic hydroxyl groups excluding tert-OH is 2. The van der Waals surface area contributed by atoms with Crippen molar-refractivity contribution in [1.82, 2.24) is 0 Å². The summed E-state index contributed by atoms with van der Waals surface area (Å²) in [5.74, 6) is 0.112. The maximum Gasteiger partial charge on any atom is 0.141 e. The molecular formula is C31H43N5O3. The van der Waals surface area contributed by atoms with Gasteiger partial charge in [0.1, 0.15) is 5.75 Å². The van der Waals surface area contributed by atoms with E-state index in [1.807, 2.05) is 55.6 Å². The molecule has 0 amide bonds. The number of hydrogen-bond acceptors (Lipinski definition) is 8. The zero-order chi connectivity index (χ0) is 28.2. The van der Waals surface area contributed by atoms with Crippen molar-refractivity contribution >= 4 is 46.0 Å². The van der Waals surface area contributed by atoms with Gasteiger partial charge in [0.25, 0.3) is 0 Å². The van der Waals surface area contributed by atoms with E-state index >= 15 is 0 Å². The molecule has 8 heteroatoms. The number of aromatic hydroxyl groups is 1. The summed E-state index contributed by atoms with van der Waals surface area (Å²) in [6, 6.07) is 17.7. The first-order valence-corrected chi connectivity index (χ1v) is 13.8. The first kappa shape index (κ1) is 29.8. The number of aliphatic imine (C=N–C) groups is 1. The van der Waals surface area contributed by atoms with Gasteiger partial charge >= 0.3 is 0 Å². The van der Waals surface area contributed by atoms with Crippen molar-refractivity contribution in [1.29, 1.82) is 0 Å². The third-order valence-electron chi connectivity index (χ3n) is 6.62. The molecule has 0 bridgehead atoms. The first-order valence-electron chi connectivity index (χ1n) is 13.8. The maximum atomic E-state index is 10.9. The fraction of sp³-hybridized carbons (Fsp3) is 0.387. The topological polar surface area (TPSA) is 104 Å². The minimum absolute atomic E-state index is 0.103. The Morgan fingerprint density at radius 2 is 1.41 bits per heavy atom. The van der Waals surface area contributed by atoms with Crippen LogP contribution in [0.2, 0.25) is 0 Å². The summed E-state index contributed by atoms with van der Waals surface area (Å²) < 4.78 is 0. The smallest absolute Gasteiger partial charge is 0.141 e. The molecule has 0 atom stereocenters. The summed E-state index contributed by atoms with van der Waals surface area (Å²) in [5, 5.41) is 36.4. The lowest BCUT2D eigenvalue weighted by atomic mass is 10.1. The van der Waals surface area contributed by atoms with E-state index in [1.54, 1.807) is 6.07 Å². The van der Waals surface area contributed by atoms with Gasteiger partial charge in [-0.15, -0.1) is 0 Å². The van der Waals surface area contributed by atoms with E-state index in [2.05, 4.69) is 52.3 Å². The van der Waals surface area contributed by atoms with Crippen LogP contribution >= 0.6 is 0 Å². The van der Waals surface area contributed by atoms with Gasteiger partial charge < -0.3 is 35.8 Å². The van der Waals surface area contributed by atoms with Gasteiger partial charge in [-0.1, -0.05) is 13.3 Å². The van der Waals surface area contributed by atoms with E-state index in [4.69, 9.17) is 0 Å². The fourth-order valence-corrected chi connectivity index (χ4v) is 4.40. The fourth-order valence-electron chi connectivity index (χ4n) is 4.40. The van der Waals surface area contributed by atoms with E-state index in [1.165, 1.54) is 0 Å². The van der Waals surface area contributed by atoms with Crippen molar-refractivity contribution < 1.29 is 15.3 Å². The number of phenols is 1. The van der Waals surface area contributed by atoms with E-state index < -0.39 is 0 Å². The van der Waals surface area contributed by atoms with E-state index in [9.17, 15) is 15.3 Å². The molecule has 210 valence electrons. The van der Waals surface area contributed by atoms with Crippen LogP contribution in [-0.4, -0.2) is 60.9 Å². The normalized spacial score (nSPS) is 11.1. The third-order valence-corrected chi connectivity index (χ3v) is 6.62. The number of nitrogens with one attached hydrogen (secondary N) is 2. The zero-order valence-corrected chi connectivity index (χ0v) is 23.6. The summed E-state index contributed by atoms with van der Waals surface area (Å²) in [6.07, 6.45) is 3.71. The van der Waals surface area contributed by atoms with Crippen LogP contribution in [0.5, 0.6) is 5.75 Å². The van der Waals surface area contributed by atoms with Gasteiger partial charge in [-0.05, 0) is 81.3 Å². The highest BCUT2D eigenvalue weighted by Gasteiger charge is 2.13. The maximum absolute atomic E-state index is 10.9. The van der Waals surface area contributed by atoms with Gasteiger partial charge in [0.15, 0.2) is 0 Å². The van der Waals surface area contributed by atoms with Crippen molar-refractivity contribution in [2.45, 2.75) is 40.5 Å². The molecule has 5 N–H and O–H groups in total. The van der Waals surface area contributed by atoms with Gasteiger partial charge in [-0.25, -0.2) is 0 Å². The zero-order valence-electron chi connectivity index (χ0n) is 23.6. The molecule has 0 saturated heterocycles. The molecule has 0 aromatic heterocycles. The second kappa shape index (κ2) is 15.0. The minimum atomic E-state index is 0.103. The summed E-state index contributed by atoms with van der Waals surface area (Å²) in [4.78, 5) is 8.86. The Bertz CT molecular complexity index is 1210. The Morgan fingerprint density at radius 1 is 0.769 bits per heavy atom. The molecular weight excluding hydrogens is 490 g/mol. The largest absolute Gasteiger partial charge is 0.506 e. The molecule has 0 radical (unpaired) electrons. The van der Waals surface area contributed by atoms with E-state index in [0.29, 0.717) is 24.5 Å². The third kappa shape index (κ3) is 8.12. The first-order chi connectivity index (χ1) is 18.9. The number of phenolic OH excluding ortho intramolecular Hbond substituents is 1. The molecule has 0 aliphatic carbocycles. The Labute approximate surface area is 232 Å². The molecule has 3 rings (SSSR count). The highest BCUT2D eigenvalue weighted by molar-refractivity contribution is 5.84. The van der Waals surface area contributed by atoms with Crippen LogP contribution in [0.3, 0.4) is 0 Å². The van der Waals surface area contributed by atoms with Gasteiger partial charge in [0, 0.05) is 61.2 Å². The number of likely N-dealkylation sites (N-methyl/N-ethyl adjacent to an activating group) is 2. The number of aliphatic hydroxyl groups is 2. The predicted molar refractivity (Wildman–Crippen MR) is 165 cm³/mol. The van der Waals surface area contributed by atoms with Crippen LogP contribution in [0.25, 0.3) is 0 Å². The summed E-state index contributed by atoms with van der Waals surface area (Å²) in [6.45, 7) is 11.3. The molecule has 0 saturated carbocycles. The number of anilines is 6. The number of unbranched alkanes of at least 4 members (excludes halogenated alkanes) is 1. The Hall–Kier alpha value is -3.75. The molecule has 3 aromatic carbocycles. The van der Waals surface area contributed by atoms with Crippen molar-refractivity contribution in [2.24, 2.45) is 4.99 Å². The van der Waals surface area contributed by atoms with E-state index in [-0.39, 0.29) is 19.0 Å². The van der Waals surface area contributed by atoms with Crippen LogP contribution in [0.4, 0.5) is 39.8 Å². The lowest BCUT2D eigenvalue weighted by Gasteiger charge is -2.23. The lowest BCUT2D eigenvalue weighted by molar-refractivity contribution is 0.302. The van der Waals surface area contributed by atoms with Crippen LogP contribution < -0.4 is 20.4 Å². The van der Waals surface area contributed by atoms with Gasteiger partial charge in [0.05, 0.1) is 30.3 Å². The standard InChI is InChI=1S/C31H43N5O3/c1-5-8-15-32-28-22-31(39)30(34-27-14-13-26(20-23(27)4)36(7-3)17-19-38)21-29(28)33-24-9-11-25(12-10-24)35(6-2)16-18-37/h9-15,20-22,33-34,37-39H,5-8,16-19H2,1-4H3. The molecule has 39 heavy (non-hydrogen) atoms. The van der Waals surface area contributed by atoms with Gasteiger partial charge in [-0.2, -0.15) is 0 Å².